The Bertz CT molecular complexity index is 1000. The van der Waals surface area contributed by atoms with Crippen molar-refractivity contribution in [2.24, 2.45) is 5.92 Å². The first-order valence-corrected chi connectivity index (χ1v) is 9.71. The van der Waals surface area contributed by atoms with Crippen LogP contribution in [0.3, 0.4) is 0 Å². The van der Waals surface area contributed by atoms with Crippen LogP contribution < -0.4 is 0 Å². The second-order valence-electron chi connectivity index (χ2n) is 7.85. The van der Waals surface area contributed by atoms with Crippen molar-refractivity contribution < 1.29 is 17.6 Å². The third-order valence-electron chi connectivity index (χ3n) is 6.03. The fourth-order valence-corrected chi connectivity index (χ4v) is 4.51. The van der Waals surface area contributed by atoms with Gasteiger partial charge in [-0.25, -0.2) is 17.6 Å². The van der Waals surface area contributed by atoms with Crippen LogP contribution in [0.1, 0.15) is 54.4 Å². The summed E-state index contributed by atoms with van der Waals surface area (Å²) in [4.78, 5) is 0. The predicted octanol–water partition coefficient (Wildman–Crippen LogP) is 7.27. The molecule has 2 aliphatic rings. The van der Waals surface area contributed by atoms with Crippen LogP contribution in [0.15, 0.2) is 30.9 Å². The van der Waals surface area contributed by atoms with Gasteiger partial charge in [0, 0.05) is 16.7 Å². The van der Waals surface area contributed by atoms with Crippen molar-refractivity contribution in [3.63, 3.8) is 0 Å². The Balaban J connectivity index is 1.74. The largest absolute Gasteiger partial charge is 0.203 e. The van der Waals surface area contributed by atoms with Gasteiger partial charge in [0.15, 0.2) is 23.3 Å². The number of benzene rings is 2. The number of fused-ring (bicyclic) bond motifs is 3. The molecule has 0 spiro atoms. The predicted molar refractivity (Wildman–Crippen MR) is 104 cm³/mol. The summed E-state index contributed by atoms with van der Waals surface area (Å²) in [5.74, 6) is -3.61. The van der Waals surface area contributed by atoms with Crippen molar-refractivity contribution in [1.29, 1.82) is 0 Å². The van der Waals surface area contributed by atoms with E-state index in [-0.39, 0.29) is 28.7 Å². The van der Waals surface area contributed by atoms with Crippen molar-refractivity contribution in [2.75, 3.05) is 0 Å². The zero-order valence-corrected chi connectivity index (χ0v) is 15.8. The van der Waals surface area contributed by atoms with Crippen LogP contribution >= 0.6 is 0 Å². The highest BCUT2D eigenvalue weighted by molar-refractivity contribution is 5.81. The van der Waals surface area contributed by atoms with E-state index in [2.05, 4.69) is 6.58 Å². The molecule has 0 saturated heterocycles. The summed E-state index contributed by atoms with van der Waals surface area (Å²) in [6.45, 7) is 5.21. The van der Waals surface area contributed by atoms with E-state index in [1.54, 1.807) is 6.07 Å². The molecule has 2 aliphatic carbocycles. The van der Waals surface area contributed by atoms with Gasteiger partial charge in [0.2, 0.25) is 0 Å². The topological polar surface area (TPSA) is 0 Å². The molecule has 4 heteroatoms. The van der Waals surface area contributed by atoms with E-state index >= 15 is 0 Å². The van der Waals surface area contributed by atoms with E-state index in [9.17, 15) is 17.6 Å². The van der Waals surface area contributed by atoms with Gasteiger partial charge in [-0.15, -0.1) is 6.58 Å². The van der Waals surface area contributed by atoms with Gasteiger partial charge in [0.05, 0.1) is 0 Å². The number of rotatable bonds is 4. The second-order valence-corrected chi connectivity index (χ2v) is 7.85. The summed E-state index contributed by atoms with van der Waals surface area (Å²) in [5.41, 5.74) is 1.98. The van der Waals surface area contributed by atoms with E-state index in [4.69, 9.17) is 0 Å². The summed E-state index contributed by atoms with van der Waals surface area (Å²) in [6.07, 6.45) is 8.62. The highest BCUT2D eigenvalue weighted by Gasteiger charge is 2.32. The molecule has 1 unspecified atom stereocenters. The molecular formula is C24H22F4. The zero-order valence-electron chi connectivity index (χ0n) is 15.8. The molecule has 0 fully saturated rings. The summed E-state index contributed by atoms with van der Waals surface area (Å²) < 4.78 is 58.3. The summed E-state index contributed by atoms with van der Waals surface area (Å²) in [5, 5.41) is 0. The Morgan fingerprint density at radius 3 is 2.32 bits per heavy atom. The Kier molecular flexibility index (Phi) is 4.90. The highest BCUT2D eigenvalue weighted by atomic mass is 19.2. The van der Waals surface area contributed by atoms with Crippen molar-refractivity contribution in [1.82, 2.24) is 0 Å². The molecule has 146 valence electrons. The Labute approximate surface area is 162 Å². The maximum atomic E-state index is 15.0. The number of hydrogen-bond donors (Lipinski definition) is 0. The molecule has 0 aliphatic heterocycles. The number of hydrogen-bond acceptors (Lipinski definition) is 0. The minimum Gasteiger partial charge on any atom is -0.203 e. The zero-order chi connectivity index (χ0) is 20.0. The van der Waals surface area contributed by atoms with Crippen molar-refractivity contribution in [2.45, 2.75) is 45.4 Å². The van der Waals surface area contributed by atoms with E-state index in [1.807, 2.05) is 12.2 Å². The van der Waals surface area contributed by atoms with Crippen LogP contribution in [0.5, 0.6) is 0 Å². The summed E-state index contributed by atoms with van der Waals surface area (Å²) in [6, 6.07) is 3.14. The van der Waals surface area contributed by atoms with E-state index in [1.165, 1.54) is 13.0 Å². The first-order chi connectivity index (χ1) is 13.4. The Hall–Kier alpha value is -2.36. The molecule has 0 aromatic heterocycles. The van der Waals surface area contributed by atoms with Gasteiger partial charge < -0.3 is 0 Å². The molecule has 4 rings (SSSR count). The van der Waals surface area contributed by atoms with Crippen LogP contribution in [0.4, 0.5) is 17.6 Å². The van der Waals surface area contributed by atoms with Gasteiger partial charge >= 0.3 is 0 Å². The lowest BCUT2D eigenvalue weighted by molar-refractivity contribution is 0.452. The summed E-state index contributed by atoms with van der Waals surface area (Å²) in [7, 11) is 0. The standard InChI is InChI=1S/C24H22F4/c1-3-4-5-14-6-8-15(9-7-14)18-12-17-11-16-10-13(2)21(25)23(27)19(16)20(17)24(28)22(18)26/h3,8,10,12,14H,1,4-7,9,11H2,2H3. The van der Waals surface area contributed by atoms with Gasteiger partial charge in [-0.05, 0) is 79.7 Å². The fourth-order valence-electron chi connectivity index (χ4n) is 4.51. The van der Waals surface area contributed by atoms with Gasteiger partial charge in [-0.2, -0.15) is 0 Å². The smallest absolute Gasteiger partial charge is 0.167 e. The SMILES string of the molecule is C=CCCC1CC=C(c2cc3c(c(F)c2F)-c2c(cc(C)c(F)c2F)C3)CC1. The van der Waals surface area contributed by atoms with Crippen molar-refractivity contribution in [3.05, 3.63) is 76.4 Å². The first kappa shape index (κ1) is 19.0. The molecule has 0 amide bonds. The quantitative estimate of drug-likeness (QED) is 0.327. The highest BCUT2D eigenvalue weighted by Crippen LogP contribution is 2.45. The average molecular weight is 386 g/mol. The molecule has 2 aromatic carbocycles. The molecule has 2 aromatic rings. The number of aryl methyl sites for hydroxylation is 1. The normalized spacial score (nSPS) is 17.9. The molecule has 0 heterocycles. The Morgan fingerprint density at radius 2 is 1.68 bits per heavy atom. The molecule has 0 saturated carbocycles. The van der Waals surface area contributed by atoms with Crippen LogP contribution in [0, 0.1) is 36.1 Å². The van der Waals surface area contributed by atoms with Gasteiger partial charge in [-0.1, -0.05) is 18.2 Å². The molecule has 1 atom stereocenters. The van der Waals surface area contributed by atoms with Crippen LogP contribution in [0.25, 0.3) is 16.7 Å². The molecule has 0 nitrogen and oxygen atoms in total. The van der Waals surface area contributed by atoms with E-state index < -0.39 is 23.3 Å². The van der Waals surface area contributed by atoms with Gasteiger partial charge in [0.25, 0.3) is 0 Å². The van der Waals surface area contributed by atoms with Crippen LogP contribution in [-0.4, -0.2) is 0 Å². The number of halogens is 4. The lowest BCUT2D eigenvalue weighted by atomic mass is 9.83. The van der Waals surface area contributed by atoms with E-state index in [0.29, 0.717) is 23.5 Å². The second kappa shape index (κ2) is 7.23. The average Bonchev–Trinajstić information content (AvgIpc) is 3.06. The minimum atomic E-state index is -1.10. The minimum absolute atomic E-state index is 0.132. The third kappa shape index (κ3) is 2.99. The summed E-state index contributed by atoms with van der Waals surface area (Å²) >= 11 is 0. The first-order valence-electron chi connectivity index (χ1n) is 9.71. The lowest BCUT2D eigenvalue weighted by Crippen LogP contribution is -2.07. The van der Waals surface area contributed by atoms with E-state index in [0.717, 1.165) is 31.3 Å². The molecule has 0 N–H and O–H groups in total. The molecule has 28 heavy (non-hydrogen) atoms. The van der Waals surface area contributed by atoms with Crippen molar-refractivity contribution >= 4 is 5.57 Å². The Morgan fingerprint density at radius 1 is 1.00 bits per heavy atom. The van der Waals surface area contributed by atoms with Crippen LogP contribution in [-0.2, 0) is 6.42 Å². The maximum absolute atomic E-state index is 15.0. The molecule has 0 radical (unpaired) electrons. The molecule has 0 bridgehead atoms. The maximum Gasteiger partial charge on any atom is 0.167 e. The lowest BCUT2D eigenvalue weighted by Gasteiger charge is -2.22. The van der Waals surface area contributed by atoms with Gasteiger partial charge in [-0.3, -0.25) is 0 Å². The number of allylic oxidation sites excluding steroid dienone is 3. The fraction of sp³-hybridized carbons (Fsp3) is 0.333. The molecular weight excluding hydrogens is 364 g/mol. The van der Waals surface area contributed by atoms with Crippen LogP contribution in [0.2, 0.25) is 0 Å². The van der Waals surface area contributed by atoms with Gasteiger partial charge in [0.1, 0.15) is 0 Å². The van der Waals surface area contributed by atoms with Crippen molar-refractivity contribution in [3.8, 4) is 11.1 Å². The third-order valence-corrected chi connectivity index (χ3v) is 6.03. The monoisotopic (exact) mass is 386 g/mol.